The zero-order valence-electron chi connectivity index (χ0n) is 15.8. The highest BCUT2D eigenvalue weighted by atomic mass is 16.5. The molecule has 0 spiro atoms. The van der Waals surface area contributed by atoms with Crippen LogP contribution >= 0.6 is 0 Å². The lowest BCUT2D eigenvalue weighted by Gasteiger charge is -2.47. The molecule has 1 saturated heterocycles. The molecule has 1 aliphatic carbocycles. The zero-order chi connectivity index (χ0) is 17.9. The number of benzene rings is 1. The number of hydrogen-bond acceptors (Lipinski definition) is 4. The summed E-state index contributed by atoms with van der Waals surface area (Å²) in [4.78, 5) is 12.3. The number of carbonyl (C=O) groups excluding carboxylic acids is 1. The van der Waals surface area contributed by atoms with E-state index in [1.54, 1.807) is 0 Å². The first-order valence-corrected chi connectivity index (χ1v) is 10.5. The molecule has 1 saturated carbocycles. The van der Waals surface area contributed by atoms with Crippen LogP contribution in [-0.4, -0.2) is 25.2 Å². The number of ether oxygens (including phenoxy) is 2. The molecule has 1 N–H and O–H groups in total. The van der Waals surface area contributed by atoms with Gasteiger partial charge in [0.1, 0.15) is 0 Å². The Bertz CT molecular complexity index is 638. The van der Waals surface area contributed by atoms with Crippen molar-refractivity contribution in [1.82, 2.24) is 0 Å². The van der Waals surface area contributed by atoms with Gasteiger partial charge in [0.05, 0.1) is 18.3 Å². The third-order valence-corrected chi connectivity index (χ3v) is 6.34. The van der Waals surface area contributed by atoms with Crippen molar-refractivity contribution in [1.29, 1.82) is 0 Å². The molecule has 1 aromatic carbocycles. The second kappa shape index (κ2) is 7.99. The number of esters is 1. The second-order valence-electron chi connectivity index (χ2n) is 8.10. The topological polar surface area (TPSA) is 47.6 Å². The monoisotopic (exact) mass is 357 g/mol. The lowest BCUT2D eigenvalue weighted by Crippen LogP contribution is -2.46. The number of rotatable bonds is 4. The lowest BCUT2D eigenvalue weighted by molar-refractivity contribution is -0.0458. The van der Waals surface area contributed by atoms with Crippen molar-refractivity contribution in [2.75, 3.05) is 18.5 Å². The van der Waals surface area contributed by atoms with E-state index in [0.717, 1.165) is 36.6 Å². The molecule has 26 heavy (non-hydrogen) atoms. The van der Waals surface area contributed by atoms with Gasteiger partial charge in [-0.2, -0.15) is 0 Å². The first kappa shape index (κ1) is 17.8. The van der Waals surface area contributed by atoms with Crippen LogP contribution in [0.3, 0.4) is 0 Å². The highest BCUT2D eigenvalue weighted by Crippen LogP contribution is 2.47. The maximum Gasteiger partial charge on any atom is 0.338 e. The molecule has 0 aromatic heterocycles. The Morgan fingerprint density at radius 1 is 1.19 bits per heavy atom. The van der Waals surface area contributed by atoms with Crippen LogP contribution in [0.1, 0.15) is 80.3 Å². The number of fused-ring (bicyclic) bond motifs is 3. The summed E-state index contributed by atoms with van der Waals surface area (Å²) in [6, 6.07) is 6.46. The van der Waals surface area contributed by atoms with Crippen LogP contribution in [0.25, 0.3) is 0 Å². The molecule has 142 valence electrons. The molecule has 0 radical (unpaired) electrons. The van der Waals surface area contributed by atoms with Gasteiger partial charge in [0.25, 0.3) is 0 Å². The molecule has 0 bridgehead atoms. The highest BCUT2D eigenvalue weighted by Gasteiger charge is 2.42. The fraction of sp³-hybridized carbons (Fsp3) is 0.682. The molecule has 2 heterocycles. The molecule has 2 aliphatic heterocycles. The average Bonchev–Trinajstić information content (AvgIpc) is 2.71. The first-order chi connectivity index (χ1) is 12.8. The second-order valence-corrected chi connectivity index (χ2v) is 8.10. The van der Waals surface area contributed by atoms with Gasteiger partial charge in [-0.1, -0.05) is 26.2 Å². The van der Waals surface area contributed by atoms with E-state index in [9.17, 15) is 4.79 Å². The molecular formula is C22H31NO3. The Hall–Kier alpha value is -1.55. The highest BCUT2D eigenvalue weighted by molar-refractivity contribution is 5.90. The Labute approximate surface area is 156 Å². The van der Waals surface area contributed by atoms with Crippen LogP contribution in [0, 0.1) is 11.8 Å². The number of hydrogen-bond donors (Lipinski definition) is 1. The molecule has 4 rings (SSSR count). The van der Waals surface area contributed by atoms with Crippen molar-refractivity contribution in [2.24, 2.45) is 11.8 Å². The van der Waals surface area contributed by atoms with Crippen LogP contribution < -0.4 is 5.32 Å². The summed E-state index contributed by atoms with van der Waals surface area (Å²) < 4.78 is 11.6. The van der Waals surface area contributed by atoms with E-state index < -0.39 is 0 Å². The van der Waals surface area contributed by atoms with Crippen molar-refractivity contribution in [2.45, 2.75) is 70.4 Å². The van der Waals surface area contributed by atoms with Crippen LogP contribution in [0.4, 0.5) is 5.69 Å². The molecule has 4 heteroatoms. The van der Waals surface area contributed by atoms with Gasteiger partial charge in [-0.15, -0.1) is 0 Å². The molecule has 2 fully saturated rings. The molecule has 0 amide bonds. The Kier molecular flexibility index (Phi) is 5.49. The van der Waals surface area contributed by atoms with Gasteiger partial charge in [-0.3, -0.25) is 0 Å². The SMILES string of the molecule is CCCOC(=O)c1ccc2c(c1)[C@H]1OCCC[C@H]1[C@@H](C1CCCCC1)N2. The van der Waals surface area contributed by atoms with Crippen LogP contribution in [0.5, 0.6) is 0 Å². The van der Waals surface area contributed by atoms with Crippen molar-refractivity contribution in [3.63, 3.8) is 0 Å². The molecule has 0 unspecified atom stereocenters. The third-order valence-electron chi connectivity index (χ3n) is 6.34. The van der Waals surface area contributed by atoms with E-state index >= 15 is 0 Å². The quantitative estimate of drug-likeness (QED) is 0.762. The number of anilines is 1. The summed E-state index contributed by atoms with van der Waals surface area (Å²) in [5.41, 5.74) is 2.94. The minimum Gasteiger partial charge on any atom is -0.462 e. The average molecular weight is 357 g/mol. The fourth-order valence-electron chi connectivity index (χ4n) is 5.07. The summed E-state index contributed by atoms with van der Waals surface area (Å²) in [5, 5.41) is 3.84. The lowest BCUT2D eigenvalue weighted by atomic mass is 9.71. The summed E-state index contributed by atoms with van der Waals surface area (Å²) in [6.45, 7) is 3.30. The summed E-state index contributed by atoms with van der Waals surface area (Å²) in [6.07, 6.45) is 10.1. The van der Waals surface area contributed by atoms with Gasteiger partial charge in [0, 0.05) is 29.8 Å². The maximum atomic E-state index is 12.3. The Morgan fingerprint density at radius 2 is 2.04 bits per heavy atom. The zero-order valence-corrected chi connectivity index (χ0v) is 15.8. The Morgan fingerprint density at radius 3 is 2.85 bits per heavy atom. The van der Waals surface area contributed by atoms with Crippen LogP contribution in [0.2, 0.25) is 0 Å². The minimum atomic E-state index is -0.226. The Balaban J connectivity index is 1.61. The number of nitrogens with one attached hydrogen (secondary N) is 1. The minimum absolute atomic E-state index is 0.117. The van der Waals surface area contributed by atoms with Crippen molar-refractivity contribution < 1.29 is 14.3 Å². The van der Waals surface area contributed by atoms with E-state index in [-0.39, 0.29) is 12.1 Å². The molecular weight excluding hydrogens is 326 g/mol. The van der Waals surface area contributed by atoms with E-state index in [4.69, 9.17) is 9.47 Å². The summed E-state index contributed by atoms with van der Waals surface area (Å²) in [7, 11) is 0. The third kappa shape index (κ3) is 3.48. The molecule has 4 nitrogen and oxygen atoms in total. The first-order valence-electron chi connectivity index (χ1n) is 10.5. The maximum absolute atomic E-state index is 12.3. The summed E-state index contributed by atoms with van der Waals surface area (Å²) >= 11 is 0. The van der Waals surface area contributed by atoms with E-state index in [1.807, 2.05) is 19.1 Å². The fourth-order valence-corrected chi connectivity index (χ4v) is 5.07. The normalized spacial score (nSPS) is 28.6. The van der Waals surface area contributed by atoms with E-state index in [2.05, 4.69) is 11.4 Å². The summed E-state index contributed by atoms with van der Waals surface area (Å²) in [5.74, 6) is 1.04. The predicted molar refractivity (Wildman–Crippen MR) is 102 cm³/mol. The van der Waals surface area contributed by atoms with Gasteiger partial charge < -0.3 is 14.8 Å². The van der Waals surface area contributed by atoms with Gasteiger partial charge in [-0.25, -0.2) is 4.79 Å². The smallest absolute Gasteiger partial charge is 0.338 e. The van der Waals surface area contributed by atoms with Crippen molar-refractivity contribution in [3.05, 3.63) is 29.3 Å². The van der Waals surface area contributed by atoms with Crippen LogP contribution in [0.15, 0.2) is 18.2 Å². The largest absolute Gasteiger partial charge is 0.462 e. The van der Waals surface area contributed by atoms with Gasteiger partial charge in [0.15, 0.2) is 0 Å². The van der Waals surface area contributed by atoms with Gasteiger partial charge in [-0.05, 0) is 56.2 Å². The van der Waals surface area contributed by atoms with E-state index in [0.29, 0.717) is 24.1 Å². The predicted octanol–water partition coefficient (Wildman–Crippen LogP) is 5.10. The standard InChI is InChI=1S/C22H31NO3/c1-2-12-26-22(24)16-10-11-19-18(14-16)21-17(9-6-13-25-21)20(23-19)15-7-4-3-5-8-15/h10-11,14-15,17,20-21,23H,2-9,12-13H2,1H3/t17-,20+,21-/m0/s1. The number of carbonyl (C=O) groups is 1. The van der Waals surface area contributed by atoms with E-state index in [1.165, 1.54) is 38.5 Å². The van der Waals surface area contributed by atoms with Crippen LogP contribution in [-0.2, 0) is 9.47 Å². The molecule has 1 aromatic rings. The molecule has 3 atom stereocenters. The molecule has 3 aliphatic rings. The van der Waals surface area contributed by atoms with Crippen molar-refractivity contribution in [3.8, 4) is 0 Å². The van der Waals surface area contributed by atoms with Gasteiger partial charge in [0.2, 0.25) is 0 Å². The van der Waals surface area contributed by atoms with Gasteiger partial charge >= 0.3 is 5.97 Å². The van der Waals surface area contributed by atoms with Crippen molar-refractivity contribution >= 4 is 11.7 Å².